The topological polar surface area (TPSA) is 18.5 Å². The maximum absolute atomic E-state index is 5.93. The van der Waals surface area contributed by atoms with Crippen molar-refractivity contribution in [1.82, 2.24) is 4.90 Å². The largest absolute Gasteiger partial charge is 0.371 e. The van der Waals surface area contributed by atoms with Crippen molar-refractivity contribution in [1.29, 1.82) is 0 Å². The minimum absolute atomic E-state index is 0.704. The van der Waals surface area contributed by atoms with E-state index >= 15 is 0 Å². The third kappa shape index (κ3) is 4.86. The molecule has 1 aliphatic rings. The predicted molar refractivity (Wildman–Crippen MR) is 112 cm³/mol. The van der Waals surface area contributed by atoms with Crippen LogP contribution in [0, 0.1) is 0 Å². The Labute approximate surface area is 160 Å². The molecule has 0 unspecified atom stereocenters. The monoisotopic (exact) mass is 373 g/mol. The van der Waals surface area contributed by atoms with E-state index in [0.717, 1.165) is 30.3 Å². The molecule has 0 atom stereocenters. The number of halogens is 1. The number of thiocarbonyl (C=S) groups is 1. The molecule has 132 valence electrons. The van der Waals surface area contributed by atoms with Crippen molar-refractivity contribution in [2.24, 2.45) is 0 Å². The Morgan fingerprint density at radius 1 is 1.08 bits per heavy atom. The van der Waals surface area contributed by atoms with Crippen molar-refractivity contribution in [3.8, 4) is 0 Å². The number of anilines is 2. The van der Waals surface area contributed by atoms with Gasteiger partial charge < -0.3 is 15.1 Å². The molecule has 1 fully saturated rings. The Hall–Kier alpha value is -1.78. The van der Waals surface area contributed by atoms with Gasteiger partial charge in [-0.1, -0.05) is 29.8 Å². The molecule has 3 rings (SSSR count). The van der Waals surface area contributed by atoms with Crippen molar-refractivity contribution in [3.05, 3.63) is 59.1 Å². The number of hydrogen-bond acceptors (Lipinski definition) is 2. The van der Waals surface area contributed by atoms with Gasteiger partial charge in [-0.3, -0.25) is 0 Å². The maximum atomic E-state index is 5.93. The van der Waals surface area contributed by atoms with Gasteiger partial charge in [-0.2, -0.15) is 0 Å². The minimum atomic E-state index is 0.704. The van der Waals surface area contributed by atoms with E-state index in [1.54, 1.807) is 0 Å². The fraction of sp³-hybridized carbons (Fsp3) is 0.350. The van der Waals surface area contributed by atoms with Gasteiger partial charge in [0.15, 0.2) is 5.11 Å². The van der Waals surface area contributed by atoms with Crippen molar-refractivity contribution < 1.29 is 0 Å². The van der Waals surface area contributed by atoms with Crippen molar-refractivity contribution >= 4 is 40.3 Å². The number of para-hydroxylation sites is 1. The highest BCUT2D eigenvalue weighted by Crippen LogP contribution is 2.25. The molecule has 1 aliphatic heterocycles. The summed E-state index contributed by atoms with van der Waals surface area (Å²) in [5.74, 6) is 0. The zero-order valence-corrected chi connectivity index (χ0v) is 16.1. The van der Waals surface area contributed by atoms with Crippen LogP contribution in [0.1, 0.15) is 24.8 Å². The van der Waals surface area contributed by atoms with Gasteiger partial charge in [-0.05, 0) is 67.4 Å². The summed E-state index contributed by atoms with van der Waals surface area (Å²) >= 11 is 11.5. The standard InChI is InChI=1S/C20H24ClN3S/c1-23(20(25)22-18-11-9-17(21)10-12-18)15-16-7-3-4-8-19(16)24-13-5-2-6-14-24/h3-4,7-12H,2,5-6,13-15H2,1H3,(H,22,25). The Bertz CT molecular complexity index is 711. The molecule has 0 bridgehead atoms. The first-order valence-corrected chi connectivity index (χ1v) is 9.52. The number of benzene rings is 2. The van der Waals surface area contributed by atoms with Crippen LogP contribution >= 0.6 is 23.8 Å². The van der Waals surface area contributed by atoms with E-state index in [1.807, 2.05) is 31.3 Å². The molecule has 0 aliphatic carbocycles. The van der Waals surface area contributed by atoms with E-state index in [0.29, 0.717) is 5.11 Å². The number of hydrogen-bond donors (Lipinski definition) is 1. The molecule has 5 heteroatoms. The molecule has 1 N–H and O–H groups in total. The molecular weight excluding hydrogens is 350 g/mol. The Balaban J connectivity index is 1.66. The van der Waals surface area contributed by atoms with Crippen LogP contribution in [0.2, 0.25) is 5.02 Å². The normalized spacial score (nSPS) is 14.2. The van der Waals surface area contributed by atoms with Crippen LogP contribution in [0.25, 0.3) is 0 Å². The molecule has 2 aromatic rings. The third-order valence-corrected chi connectivity index (χ3v) is 5.20. The predicted octanol–water partition coefficient (Wildman–Crippen LogP) is 5.16. The van der Waals surface area contributed by atoms with E-state index in [1.165, 1.54) is 30.5 Å². The summed E-state index contributed by atoms with van der Waals surface area (Å²) in [7, 11) is 2.03. The van der Waals surface area contributed by atoms with Gasteiger partial charge in [0.25, 0.3) is 0 Å². The van der Waals surface area contributed by atoms with Crippen LogP contribution in [0.3, 0.4) is 0 Å². The van der Waals surface area contributed by atoms with Gasteiger partial charge in [-0.25, -0.2) is 0 Å². The first kappa shape index (κ1) is 18.0. The van der Waals surface area contributed by atoms with Gasteiger partial charge in [0.1, 0.15) is 0 Å². The summed E-state index contributed by atoms with van der Waals surface area (Å²) in [6.45, 7) is 3.08. The lowest BCUT2D eigenvalue weighted by Crippen LogP contribution is -2.33. The molecule has 0 aromatic heterocycles. The average molecular weight is 374 g/mol. The highest BCUT2D eigenvalue weighted by atomic mass is 35.5. The summed E-state index contributed by atoms with van der Waals surface area (Å²) in [5.41, 5.74) is 3.60. The van der Waals surface area contributed by atoms with Gasteiger partial charge in [-0.15, -0.1) is 0 Å². The second-order valence-electron chi connectivity index (χ2n) is 6.47. The highest BCUT2D eigenvalue weighted by molar-refractivity contribution is 7.80. The molecule has 0 spiro atoms. The maximum Gasteiger partial charge on any atom is 0.173 e. The van der Waals surface area contributed by atoms with Crippen LogP contribution in [-0.2, 0) is 6.54 Å². The first-order chi connectivity index (χ1) is 12.1. The first-order valence-electron chi connectivity index (χ1n) is 8.74. The molecule has 0 saturated carbocycles. The number of rotatable bonds is 4. The van der Waals surface area contributed by atoms with E-state index in [-0.39, 0.29) is 0 Å². The lowest BCUT2D eigenvalue weighted by molar-refractivity contribution is 0.505. The van der Waals surface area contributed by atoms with Crippen LogP contribution in [0.4, 0.5) is 11.4 Å². The quantitative estimate of drug-likeness (QED) is 0.746. The summed E-state index contributed by atoms with van der Waals surface area (Å²) < 4.78 is 0. The second-order valence-corrected chi connectivity index (χ2v) is 7.29. The van der Waals surface area contributed by atoms with Gasteiger partial charge in [0.2, 0.25) is 0 Å². The molecule has 1 heterocycles. The van der Waals surface area contributed by atoms with Gasteiger partial charge >= 0.3 is 0 Å². The summed E-state index contributed by atoms with van der Waals surface area (Å²) in [4.78, 5) is 4.58. The lowest BCUT2D eigenvalue weighted by atomic mass is 10.1. The fourth-order valence-electron chi connectivity index (χ4n) is 3.17. The molecular formula is C20H24ClN3S. The smallest absolute Gasteiger partial charge is 0.173 e. The molecule has 0 amide bonds. The third-order valence-electron chi connectivity index (χ3n) is 4.54. The van der Waals surface area contributed by atoms with Crippen LogP contribution in [-0.4, -0.2) is 30.1 Å². The lowest BCUT2D eigenvalue weighted by Gasteiger charge is -2.32. The van der Waals surface area contributed by atoms with Crippen molar-refractivity contribution in [2.75, 3.05) is 30.4 Å². The van der Waals surface area contributed by atoms with Crippen LogP contribution in [0.15, 0.2) is 48.5 Å². The Morgan fingerprint density at radius 3 is 2.48 bits per heavy atom. The minimum Gasteiger partial charge on any atom is -0.371 e. The molecule has 1 saturated heterocycles. The molecule has 0 radical (unpaired) electrons. The summed E-state index contributed by atoms with van der Waals surface area (Å²) in [6.07, 6.45) is 3.90. The Kier molecular flexibility index (Phi) is 6.16. The van der Waals surface area contributed by atoms with Gasteiger partial charge in [0, 0.05) is 43.1 Å². The summed E-state index contributed by atoms with van der Waals surface area (Å²) in [5, 5.41) is 4.70. The molecule has 2 aromatic carbocycles. The van der Waals surface area contributed by atoms with Crippen molar-refractivity contribution in [2.45, 2.75) is 25.8 Å². The molecule has 25 heavy (non-hydrogen) atoms. The van der Waals surface area contributed by atoms with E-state index in [9.17, 15) is 0 Å². The van der Waals surface area contributed by atoms with E-state index < -0.39 is 0 Å². The SMILES string of the molecule is CN(Cc1ccccc1N1CCCCC1)C(=S)Nc1ccc(Cl)cc1. The second kappa shape index (κ2) is 8.54. The van der Waals surface area contributed by atoms with Gasteiger partial charge in [0.05, 0.1) is 0 Å². The number of nitrogens with one attached hydrogen (secondary N) is 1. The van der Waals surface area contributed by atoms with E-state index in [4.69, 9.17) is 23.8 Å². The number of nitrogens with zero attached hydrogens (tertiary/aromatic N) is 2. The zero-order chi connectivity index (χ0) is 17.6. The molecule has 3 nitrogen and oxygen atoms in total. The van der Waals surface area contributed by atoms with E-state index in [2.05, 4.69) is 39.4 Å². The Morgan fingerprint density at radius 2 is 1.76 bits per heavy atom. The zero-order valence-electron chi connectivity index (χ0n) is 14.5. The number of piperidine rings is 1. The average Bonchev–Trinajstić information content (AvgIpc) is 2.64. The van der Waals surface area contributed by atoms with Crippen LogP contribution in [0.5, 0.6) is 0 Å². The van der Waals surface area contributed by atoms with Crippen molar-refractivity contribution in [3.63, 3.8) is 0 Å². The van der Waals surface area contributed by atoms with Crippen LogP contribution < -0.4 is 10.2 Å². The highest BCUT2D eigenvalue weighted by Gasteiger charge is 2.15. The summed E-state index contributed by atoms with van der Waals surface area (Å²) in [6, 6.07) is 16.2. The fourth-order valence-corrected chi connectivity index (χ4v) is 3.48.